The van der Waals surface area contributed by atoms with Gasteiger partial charge in [-0.15, -0.1) is 0 Å². The molecule has 1 aliphatic heterocycles. The van der Waals surface area contributed by atoms with E-state index in [0.29, 0.717) is 12.5 Å². The molecule has 72 valence electrons. The first-order valence-corrected chi connectivity index (χ1v) is 4.49. The molecule has 0 aliphatic carbocycles. The Morgan fingerprint density at radius 1 is 1.85 bits per heavy atom. The number of carbonyl (C=O) groups is 1. The third-order valence-corrected chi connectivity index (χ3v) is 2.18. The van der Waals surface area contributed by atoms with Gasteiger partial charge in [0.1, 0.15) is 5.92 Å². The number of rotatable bonds is 3. The van der Waals surface area contributed by atoms with Crippen LogP contribution in [0.5, 0.6) is 0 Å². The van der Waals surface area contributed by atoms with Gasteiger partial charge in [-0.1, -0.05) is 0 Å². The van der Waals surface area contributed by atoms with Crippen LogP contribution in [0, 0.1) is 23.2 Å². The van der Waals surface area contributed by atoms with E-state index in [4.69, 9.17) is 10.00 Å². The van der Waals surface area contributed by atoms with Crippen LogP contribution in [0.3, 0.4) is 0 Å². The van der Waals surface area contributed by atoms with Gasteiger partial charge in [0.2, 0.25) is 5.91 Å². The summed E-state index contributed by atoms with van der Waals surface area (Å²) in [6, 6.07) is 1.90. The highest BCUT2D eigenvalue weighted by Gasteiger charge is 2.18. The molecule has 1 aliphatic rings. The van der Waals surface area contributed by atoms with Crippen LogP contribution in [0.15, 0.2) is 0 Å². The molecular formula is C9H14N2O2. The van der Waals surface area contributed by atoms with Gasteiger partial charge in [-0.3, -0.25) is 4.79 Å². The zero-order valence-electron chi connectivity index (χ0n) is 7.75. The monoisotopic (exact) mass is 182 g/mol. The largest absolute Gasteiger partial charge is 0.381 e. The third kappa shape index (κ3) is 3.03. The van der Waals surface area contributed by atoms with Crippen molar-refractivity contribution < 1.29 is 9.53 Å². The predicted molar refractivity (Wildman–Crippen MR) is 46.7 cm³/mol. The smallest absolute Gasteiger partial charge is 0.237 e. The van der Waals surface area contributed by atoms with Gasteiger partial charge in [0.05, 0.1) is 12.7 Å². The molecule has 2 atom stereocenters. The topological polar surface area (TPSA) is 62.1 Å². The van der Waals surface area contributed by atoms with Gasteiger partial charge in [-0.05, 0) is 13.3 Å². The minimum absolute atomic E-state index is 0.186. The van der Waals surface area contributed by atoms with Crippen molar-refractivity contribution in [1.82, 2.24) is 5.32 Å². The maximum Gasteiger partial charge on any atom is 0.237 e. The van der Waals surface area contributed by atoms with E-state index in [1.165, 1.54) is 0 Å². The van der Waals surface area contributed by atoms with Crippen molar-refractivity contribution in [1.29, 1.82) is 5.26 Å². The summed E-state index contributed by atoms with van der Waals surface area (Å²) in [5, 5.41) is 11.2. The average molecular weight is 182 g/mol. The highest BCUT2D eigenvalue weighted by atomic mass is 16.5. The molecule has 1 fully saturated rings. The Kier molecular flexibility index (Phi) is 3.71. The second-order valence-electron chi connectivity index (χ2n) is 3.33. The first kappa shape index (κ1) is 10.0. The van der Waals surface area contributed by atoms with E-state index in [0.717, 1.165) is 19.6 Å². The maximum atomic E-state index is 11.2. The molecule has 1 saturated heterocycles. The van der Waals surface area contributed by atoms with Crippen molar-refractivity contribution in [3.8, 4) is 6.07 Å². The van der Waals surface area contributed by atoms with Crippen molar-refractivity contribution in [2.75, 3.05) is 19.8 Å². The first-order valence-electron chi connectivity index (χ1n) is 4.49. The van der Waals surface area contributed by atoms with Gasteiger partial charge in [-0.25, -0.2) is 0 Å². The number of nitrogens with zero attached hydrogens (tertiary/aromatic N) is 1. The average Bonchev–Trinajstić information content (AvgIpc) is 2.65. The van der Waals surface area contributed by atoms with Gasteiger partial charge in [-0.2, -0.15) is 5.26 Å². The summed E-state index contributed by atoms with van der Waals surface area (Å²) in [6.07, 6.45) is 1.00. The molecule has 4 nitrogen and oxygen atoms in total. The number of nitriles is 1. The lowest BCUT2D eigenvalue weighted by Gasteiger charge is -2.09. The number of ether oxygens (including phenoxy) is 1. The summed E-state index contributed by atoms with van der Waals surface area (Å²) in [7, 11) is 0. The van der Waals surface area contributed by atoms with Gasteiger partial charge in [0, 0.05) is 19.1 Å². The number of hydrogen-bond donors (Lipinski definition) is 1. The molecule has 0 aromatic carbocycles. The van der Waals surface area contributed by atoms with Crippen LogP contribution in [-0.4, -0.2) is 25.7 Å². The normalized spacial score (nSPS) is 23.5. The van der Waals surface area contributed by atoms with Crippen molar-refractivity contribution in [3.63, 3.8) is 0 Å². The summed E-state index contributed by atoms with van der Waals surface area (Å²) in [4.78, 5) is 11.2. The second kappa shape index (κ2) is 4.83. The number of carbonyl (C=O) groups excluding carboxylic acids is 1. The predicted octanol–water partition coefficient (Wildman–Crippen LogP) is 0.299. The van der Waals surface area contributed by atoms with E-state index < -0.39 is 5.92 Å². The molecule has 1 amide bonds. The standard InChI is InChI=1S/C9H14N2O2/c1-7(4-10)9(12)11-5-8-2-3-13-6-8/h7-8H,2-3,5-6H2,1H3,(H,11,12). The SMILES string of the molecule is CC(C#N)C(=O)NCC1CCOC1. The van der Waals surface area contributed by atoms with E-state index in [9.17, 15) is 4.79 Å². The van der Waals surface area contributed by atoms with Crippen LogP contribution >= 0.6 is 0 Å². The highest BCUT2D eigenvalue weighted by Crippen LogP contribution is 2.10. The Bertz CT molecular complexity index is 216. The minimum atomic E-state index is -0.553. The van der Waals surface area contributed by atoms with Gasteiger partial charge in [0.25, 0.3) is 0 Å². The Morgan fingerprint density at radius 3 is 3.15 bits per heavy atom. The van der Waals surface area contributed by atoms with Crippen LogP contribution < -0.4 is 5.32 Å². The molecule has 13 heavy (non-hydrogen) atoms. The van der Waals surface area contributed by atoms with Crippen LogP contribution in [0.2, 0.25) is 0 Å². The molecule has 1 heterocycles. The van der Waals surface area contributed by atoms with E-state index >= 15 is 0 Å². The fourth-order valence-corrected chi connectivity index (χ4v) is 1.20. The summed E-state index contributed by atoms with van der Waals surface area (Å²) in [5.74, 6) is -0.313. The first-order chi connectivity index (χ1) is 6.24. The molecular weight excluding hydrogens is 168 g/mol. The van der Waals surface area contributed by atoms with Crippen molar-refractivity contribution in [2.45, 2.75) is 13.3 Å². The van der Waals surface area contributed by atoms with Gasteiger partial charge in [0.15, 0.2) is 0 Å². The zero-order chi connectivity index (χ0) is 9.68. The van der Waals surface area contributed by atoms with Crippen molar-refractivity contribution >= 4 is 5.91 Å². The summed E-state index contributed by atoms with van der Waals surface area (Å²) >= 11 is 0. The molecule has 0 bridgehead atoms. The van der Waals surface area contributed by atoms with Crippen LogP contribution in [0.25, 0.3) is 0 Å². The molecule has 0 radical (unpaired) electrons. The highest BCUT2D eigenvalue weighted by molar-refractivity contribution is 5.80. The Morgan fingerprint density at radius 2 is 2.62 bits per heavy atom. The fourth-order valence-electron chi connectivity index (χ4n) is 1.20. The Balaban J connectivity index is 2.18. The lowest BCUT2D eigenvalue weighted by molar-refractivity contribution is -0.123. The molecule has 1 rings (SSSR count). The molecule has 4 heteroatoms. The van der Waals surface area contributed by atoms with Gasteiger partial charge < -0.3 is 10.1 Å². The number of nitrogens with one attached hydrogen (secondary N) is 1. The van der Waals surface area contributed by atoms with Crippen LogP contribution in [-0.2, 0) is 9.53 Å². The Labute approximate surface area is 77.9 Å². The molecule has 2 unspecified atom stereocenters. The van der Waals surface area contributed by atoms with Crippen molar-refractivity contribution in [2.24, 2.45) is 11.8 Å². The van der Waals surface area contributed by atoms with E-state index in [2.05, 4.69) is 5.32 Å². The minimum Gasteiger partial charge on any atom is -0.381 e. The zero-order valence-corrected chi connectivity index (χ0v) is 7.75. The van der Waals surface area contributed by atoms with E-state index in [1.54, 1.807) is 6.92 Å². The molecule has 0 saturated carbocycles. The Hall–Kier alpha value is -1.08. The van der Waals surface area contributed by atoms with E-state index in [1.807, 2.05) is 6.07 Å². The summed E-state index contributed by atoms with van der Waals surface area (Å²) in [5.41, 5.74) is 0. The van der Waals surface area contributed by atoms with Gasteiger partial charge >= 0.3 is 0 Å². The van der Waals surface area contributed by atoms with E-state index in [-0.39, 0.29) is 5.91 Å². The lowest BCUT2D eigenvalue weighted by atomic mass is 10.1. The molecule has 1 N–H and O–H groups in total. The van der Waals surface area contributed by atoms with Crippen LogP contribution in [0.1, 0.15) is 13.3 Å². The molecule has 0 spiro atoms. The maximum absolute atomic E-state index is 11.2. The number of amides is 1. The lowest BCUT2D eigenvalue weighted by Crippen LogP contribution is -2.33. The van der Waals surface area contributed by atoms with Crippen LogP contribution in [0.4, 0.5) is 0 Å². The summed E-state index contributed by atoms with van der Waals surface area (Å²) in [6.45, 7) is 3.74. The quantitative estimate of drug-likeness (QED) is 0.682. The fraction of sp³-hybridized carbons (Fsp3) is 0.778. The molecule has 0 aromatic rings. The molecule has 0 aromatic heterocycles. The summed E-state index contributed by atoms with van der Waals surface area (Å²) < 4.78 is 5.16. The third-order valence-electron chi connectivity index (χ3n) is 2.18. The van der Waals surface area contributed by atoms with Crippen molar-refractivity contribution in [3.05, 3.63) is 0 Å². The number of hydrogen-bond acceptors (Lipinski definition) is 3. The second-order valence-corrected chi connectivity index (χ2v) is 3.33.